The van der Waals surface area contributed by atoms with Crippen molar-refractivity contribution in [2.24, 2.45) is 0 Å². The number of carbonyl (C=O) groups excluding carboxylic acids is 2. The molecule has 114 valence electrons. The standard InChI is InChI=1S/C15H19ClN2O3/c1-2-10(21-13-6-4-3-5-11(13)16)9-17-15(20)12-7-8-14(19)18-12/h3-6,10,12H,2,7-9H2,1H3,(H,17,20)(H,18,19)/t10-,12-/m0/s1. The second kappa shape index (κ2) is 7.31. The minimum atomic E-state index is -0.421. The van der Waals surface area contributed by atoms with Gasteiger partial charge in [0, 0.05) is 6.42 Å². The maximum absolute atomic E-state index is 11.9. The van der Waals surface area contributed by atoms with Crippen molar-refractivity contribution in [3.63, 3.8) is 0 Å². The first kappa shape index (κ1) is 15.6. The summed E-state index contributed by atoms with van der Waals surface area (Å²) in [7, 11) is 0. The molecule has 2 N–H and O–H groups in total. The van der Waals surface area contributed by atoms with Gasteiger partial charge in [-0.3, -0.25) is 9.59 Å². The molecule has 1 aromatic carbocycles. The molecule has 6 heteroatoms. The van der Waals surface area contributed by atoms with Gasteiger partial charge in [-0.05, 0) is 25.0 Å². The van der Waals surface area contributed by atoms with Gasteiger partial charge in [0.25, 0.3) is 0 Å². The van der Waals surface area contributed by atoms with Gasteiger partial charge in [-0.25, -0.2) is 0 Å². The van der Waals surface area contributed by atoms with E-state index in [0.717, 1.165) is 6.42 Å². The molecule has 2 rings (SSSR count). The first-order chi connectivity index (χ1) is 10.1. The Balaban J connectivity index is 1.84. The van der Waals surface area contributed by atoms with Crippen LogP contribution in [0.2, 0.25) is 5.02 Å². The molecule has 2 atom stereocenters. The molecule has 0 bridgehead atoms. The fourth-order valence-corrected chi connectivity index (χ4v) is 2.32. The zero-order valence-corrected chi connectivity index (χ0v) is 12.7. The molecule has 0 unspecified atom stereocenters. The molecule has 1 aliphatic heterocycles. The Morgan fingerprint density at radius 3 is 2.90 bits per heavy atom. The Kier molecular flexibility index (Phi) is 5.44. The third-order valence-corrected chi connectivity index (χ3v) is 3.71. The van der Waals surface area contributed by atoms with E-state index in [1.54, 1.807) is 12.1 Å². The lowest BCUT2D eigenvalue weighted by molar-refractivity contribution is -0.126. The van der Waals surface area contributed by atoms with E-state index in [4.69, 9.17) is 16.3 Å². The number of carbonyl (C=O) groups is 2. The first-order valence-electron chi connectivity index (χ1n) is 7.08. The van der Waals surface area contributed by atoms with Crippen LogP contribution in [0.15, 0.2) is 24.3 Å². The molecule has 1 heterocycles. The van der Waals surface area contributed by atoms with Gasteiger partial charge >= 0.3 is 0 Å². The van der Waals surface area contributed by atoms with Crippen molar-refractivity contribution in [1.29, 1.82) is 0 Å². The number of benzene rings is 1. The number of rotatable bonds is 6. The summed E-state index contributed by atoms with van der Waals surface area (Å²) in [4.78, 5) is 23.0. The van der Waals surface area contributed by atoms with Gasteiger partial charge < -0.3 is 15.4 Å². The number of hydrogen-bond acceptors (Lipinski definition) is 3. The largest absolute Gasteiger partial charge is 0.487 e. The third-order valence-electron chi connectivity index (χ3n) is 3.40. The van der Waals surface area contributed by atoms with Crippen LogP contribution in [-0.2, 0) is 9.59 Å². The molecule has 1 aliphatic rings. The number of halogens is 1. The smallest absolute Gasteiger partial charge is 0.242 e. The number of ether oxygens (including phenoxy) is 1. The van der Waals surface area contributed by atoms with Gasteiger partial charge in [0.15, 0.2) is 0 Å². The van der Waals surface area contributed by atoms with Crippen LogP contribution in [-0.4, -0.2) is 30.5 Å². The van der Waals surface area contributed by atoms with Gasteiger partial charge in [-0.2, -0.15) is 0 Å². The highest BCUT2D eigenvalue weighted by molar-refractivity contribution is 6.32. The van der Waals surface area contributed by atoms with Gasteiger partial charge in [-0.1, -0.05) is 30.7 Å². The van der Waals surface area contributed by atoms with E-state index in [1.807, 2.05) is 19.1 Å². The highest BCUT2D eigenvalue weighted by Gasteiger charge is 2.27. The predicted molar refractivity (Wildman–Crippen MR) is 80.3 cm³/mol. The first-order valence-corrected chi connectivity index (χ1v) is 7.46. The van der Waals surface area contributed by atoms with Crippen molar-refractivity contribution in [2.45, 2.75) is 38.3 Å². The summed E-state index contributed by atoms with van der Waals surface area (Å²) in [6.07, 6.45) is 1.53. The van der Waals surface area contributed by atoms with Crippen molar-refractivity contribution >= 4 is 23.4 Å². The molecule has 0 aromatic heterocycles. The minimum absolute atomic E-state index is 0.0745. The number of para-hydroxylation sites is 1. The zero-order chi connectivity index (χ0) is 15.2. The van der Waals surface area contributed by atoms with Crippen molar-refractivity contribution in [3.8, 4) is 5.75 Å². The second-order valence-electron chi connectivity index (χ2n) is 4.98. The van der Waals surface area contributed by atoms with Crippen LogP contribution in [0.1, 0.15) is 26.2 Å². The third kappa shape index (κ3) is 4.36. The number of hydrogen-bond donors (Lipinski definition) is 2. The Hall–Kier alpha value is -1.75. The Labute approximate surface area is 129 Å². The van der Waals surface area contributed by atoms with Crippen LogP contribution in [0.25, 0.3) is 0 Å². The predicted octanol–water partition coefficient (Wildman–Crippen LogP) is 1.89. The summed E-state index contributed by atoms with van der Waals surface area (Å²) in [5.74, 6) is 0.367. The fourth-order valence-electron chi connectivity index (χ4n) is 2.14. The topological polar surface area (TPSA) is 67.4 Å². The molecule has 0 saturated carbocycles. The molecule has 0 radical (unpaired) electrons. The SMILES string of the molecule is CC[C@@H](CNC(=O)[C@@H]1CCC(=O)N1)Oc1ccccc1Cl. The molecule has 21 heavy (non-hydrogen) atoms. The summed E-state index contributed by atoms with van der Waals surface area (Å²) < 4.78 is 5.79. The van der Waals surface area contributed by atoms with Crippen molar-refractivity contribution in [3.05, 3.63) is 29.3 Å². The van der Waals surface area contributed by atoms with E-state index in [0.29, 0.717) is 30.2 Å². The summed E-state index contributed by atoms with van der Waals surface area (Å²) in [6.45, 7) is 2.36. The van der Waals surface area contributed by atoms with E-state index in [2.05, 4.69) is 10.6 Å². The molecular weight excluding hydrogens is 292 g/mol. The van der Waals surface area contributed by atoms with Gasteiger partial charge in [0.1, 0.15) is 17.9 Å². The van der Waals surface area contributed by atoms with E-state index in [1.165, 1.54) is 0 Å². The normalized spacial score (nSPS) is 19.0. The van der Waals surface area contributed by atoms with Crippen molar-refractivity contribution in [1.82, 2.24) is 10.6 Å². The summed E-state index contributed by atoms with van der Waals surface area (Å²) >= 11 is 6.05. The zero-order valence-electron chi connectivity index (χ0n) is 11.9. The van der Waals surface area contributed by atoms with Crippen LogP contribution in [0, 0.1) is 0 Å². The van der Waals surface area contributed by atoms with E-state index < -0.39 is 6.04 Å². The highest BCUT2D eigenvalue weighted by Crippen LogP contribution is 2.24. The van der Waals surface area contributed by atoms with E-state index in [-0.39, 0.29) is 17.9 Å². The molecule has 1 saturated heterocycles. The van der Waals surface area contributed by atoms with Crippen LogP contribution in [0.4, 0.5) is 0 Å². The number of amides is 2. The molecule has 0 aliphatic carbocycles. The van der Waals surface area contributed by atoms with E-state index in [9.17, 15) is 9.59 Å². The average molecular weight is 311 g/mol. The lowest BCUT2D eigenvalue weighted by atomic mass is 10.2. The fraction of sp³-hybridized carbons (Fsp3) is 0.467. The molecule has 1 fully saturated rings. The Morgan fingerprint density at radius 1 is 1.52 bits per heavy atom. The Bertz CT molecular complexity index is 521. The molecular formula is C15H19ClN2O3. The second-order valence-corrected chi connectivity index (χ2v) is 5.39. The molecule has 5 nitrogen and oxygen atoms in total. The highest BCUT2D eigenvalue weighted by atomic mass is 35.5. The van der Waals surface area contributed by atoms with Gasteiger partial charge in [0.05, 0.1) is 11.6 Å². The lowest BCUT2D eigenvalue weighted by Crippen LogP contribution is -2.45. The monoisotopic (exact) mass is 310 g/mol. The van der Waals surface area contributed by atoms with Crippen molar-refractivity contribution in [2.75, 3.05) is 6.54 Å². The van der Waals surface area contributed by atoms with Crippen LogP contribution >= 0.6 is 11.6 Å². The summed E-state index contributed by atoms with van der Waals surface area (Å²) in [6, 6.07) is 6.82. The molecule has 1 aromatic rings. The Morgan fingerprint density at radius 2 is 2.29 bits per heavy atom. The minimum Gasteiger partial charge on any atom is -0.487 e. The summed E-state index contributed by atoms with van der Waals surface area (Å²) in [5.41, 5.74) is 0. The lowest BCUT2D eigenvalue weighted by Gasteiger charge is -2.20. The molecule has 2 amide bonds. The maximum Gasteiger partial charge on any atom is 0.242 e. The quantitative estimate of drug-likeness (QED) is 0.843. The number of nitrogens with one attached hydrogen (secondary N) is 2. The van der Waals surface area contributed by atoms with Crippen molar-refractivity contribution < 1.29 is 14.3 Å². The van der Waals surface area contributed by atoms with Gasteiger partial charge in [0.2, 0.25) is 11.8 Å². The maximum atomic E-state index is 11.9. The van der Waals surface area contributed by atoms with E-state index >= 15 is 0 Å². The van der Waals surface area contributed by atoms with Crippen LogP contribution < -0.4 is 15.4 Å². The average Bonchev–Trinajstić information content (AvgIpc) is 2.91. The van der Waals surface area contributed by atoms with Gasteiger partial charge in [-0.15, -0.1) is 0 Å². The van der Waals surface area contributed by atoms with Crippen LogP contribution in [0.3, 0.4) is 0 Å². The molecule has 0 spiro atoms. The van der Waals surface area contributed by atoms with Crippen LogP contribution in [0.5, 0.6) is 5.75 Å². The summed E-state index contributed by atoms with van der Waals surface area (Å²) in [5, 5.41) is 6.00.